The molecule has 1 spiro atoms. The van der Waals surface area contributed by atoms with Crippen molar-refractivity contribution in [3.8, 4) is 5.75 Å². The molecule has 1 aliphatic heterocycles. The molecule has 2 aliphatic rings. The van der Waals surface area contributed by atoms with Crippen LogP contribution in [0.3, 0.4) is 0 Å². The van der Waals surface area contributed by atoms with Crippen molar-refractivity contribution in [2.45, 2.75) is 31.0 Å². The third kappa shape index (κ3) is 1.74. The van der Waals surface area contributed by atoms with E-state index in [2.05, 4.69) is 12.1 Å². The molecule has 0 aromatic heterocycles. The van der Waals surface area contributed by atoms with Crippen molar-refractivity contribution in [3.05, 3.63) is 65.0 Å². The summed E-state index contributed by atoms with van der Waals surface area (Å²) in [7, 11) is 0. The summed E-state index contributed by atoms with van der Waals surface area (Å²) < 4.78 is 19.4. The Labute approximate surface area is 116 Å². The molecule has 0 radical (unpaired) electrons. The largest absolute Gasteiger partial charge is 0.486 e. The molecular weight excluding hydrogens is 255 g/mol. The summed E-state index contributed by atoms with van der Waals surface area (Å²) in [6.45, 7) is 0. The van der Waals surface area contributed by atoms with Crippen LogP contribution in [0.15, 0.2) is 42.5 Å². The quantitative estimate of drug-likeness (QED) is 0.796. The zero-order valence-corrected chi connectivity index (χ0v) is 11.0. The van der Waals surface area contributed by atoms with E-state index in [4.69, 9.17) is 4.74 Å². The van der Waals surface area contributed by atoms with E-state index >= 15 is 0 Å². The Bertz CT molecular complexity index is 655. The first-order valence-electron chi connectivity index (χ1n) is 6.89. The fourth-order valence-electron chi connectivity index (χ4n) is 3.49. The average Bonchev–Trinajstić information content (AvgIpc) is 2.77. The van der Waals surface area contributed by atoms with Gasteiger partial charge in [-0.1, -0.05) is 24.3 Å². The second-order valence-electron chi connectivity index (χ2n) is 5.81. The maximum absolute atomic E-state index is 13.3. The third-order valence-corrected chi connectivity index (χ3v) is 4.37. The number of halogens is 1. The lowest BCUT2D eigenvalue weighted by atomic mass is 9.86. The maximum atomic E-state index is 13.3. The van der Waals surface area contributed by atoms with E-state index in [9.17, 15) is 9.50 Å². The van der Waals surface area contributed by atoms with Gasteiger partial charge in [-0.2, -0.15) is 0 Å². The molecule has 20 heavy (non-hydrogen) atoms. The molecule has 1 N–H and O–H groups in total. The molecule has 0 amide bonds. The van der Waals surface area contributed by atoms with Crippen LogP contribution in [0.25, 0.3) is 0 Å². The number of hydrogen-bond acceptors (Lipinski definition) is 2. The molecule has 3 heteroatoms. The van der Waals surface area contributed by atoms with Crippen LogP contribution in [0.4, 0.5) is 4.39 Å². The van der Waals surface area contributed by atoms with Gasteiger partial charge in [0.1, 0.15) is 17.2 Å². The third-order valence-electron chi connectivity index (χ3n) is 4.37. The highest BCUT2D eigenvalue weighted by Crippen LogP contribution is 2.46. The topological polar surface area (TPSA) is 29.5 Å². The van der Waals surface area contributed by atoms with Crippen molar-refractivity contribution in [1.29, 1.82) is 0 Å². The van der Waals surface area contributed by atoms with Crippen LogP contribution in [0.5, 0.6) is 5.75 Å². The first-order chi connectivity index (χ1) is 9.65. The van der Waals surface area contributed by atoms with E-state index in [1.54, 1.807) is 6.07 Å². The summed E-state index contributed by atoms with van der Waals surface area (Å²) in [5, 5.41) is 10.3. The van der Waals surface area contributed by atoms with Gasteiger partial charge < -0.3 is 9.84 Å². The lowest BCUT2D eigenvalue weighted by molar-refractivity contribution is -0.00729. The van der Waals surface area contributed by atoms with E-state index in [0.717, 1.165) is 12.8 Å². The van der Waals surface area contributed by atoms with Crippen LogP contribution < -0.4 is 4.74 Å². The minimum absolute atomic E-state index is 0.336. The predicted octanol–water partition coefficient (Wildman–Crippen LogP) is 3.18. The Morgan fingerprint density at radius 1 is 1.10 bits per heavy atom. The molecule has 0 saturated heterocycles. The van der Waals surface area contributed by atoms with Crippen molar-refractivity contribution in [2.24, 2.45) is 0 Å². The SMILES string of the molecule is OC1CC2(Cc3ccccc3C2)Oc2ccc(F)cc21. The van der Waals surface area contributed by atoms with Crippen molar-refractivity contribution in [2.75, 3.05) is 0 Å². The van der Waals surface area contributed by atoms with Gasteiger partial charge in [0.2, 0.25) is 0 Å². The molecule has 2 aromatic carbocycles. The number of benzene rings is 2. The van der Waals surface area contributed by atoms with Crippen molar-refractivity contribution < 1.29 is 14.2 Å². The van der Waals surface area contributed by atoms with Gasteiger partial charge in [0.25, 0.3) is 0 Å². The van der Waals surface area contributed by atoms with Crippen LogP contribution in [0.1, 0.15) is 29.2 Å². The lowest BCUT2D eigenvalue weighted by Gasteiger charge is -2.38. The summed E-state index contributed by atoms with van der Waals surface area (Å²) in [5.74, 6) is 0.273. The monoisotopic (exact) mass is 270 g/mol. The number of aliphatic hydroxyl groups excluding tert-OH is 1. The number of aliphatic hydroxyl groups is 1. The van der Waals surface area contributed by atoms with Gasteiger partial charge in [0, 0.05) is 24.8 Å². The Morgan fingerprint density at radius 2 is 1.80 bits per heavy atom. The molecule has 1 heterocycles. The predicted molar refractivity (Wildman–Crippen MR) is 73.2 cm³/mol. The minimum atomic E-state index is -0.663. The van der Waals surface area contributed by atoms with Crippen molar-refractivity contribution >= 4 is 0 Å². The standard InChI is InChI=1S/C17H15FO2/c18-13-5-6-16-14(7-13)15(19)10-17(20-16)8-11-3-1-2-4-12(11)9-17/h1-7,15,19H,8-10H2. The first-order valence-corrected chi connectivity index (χ1v) is 6.89. The van der Waals surface area contributed by atoms with E-state index in [0.29, 0.717) is 17.7 Å². The molecule has 1 aliphatic carbocycles. The summed E-state index contributed by atoms with van der Waals surface area (Å²) in [6, 6.07) is 12.7. The highest BCUT2D eigenvalue weighted by molar-refractivity contribution is 5.42. The number of hydrogen-bond donors (Lipinski definition) is 1. The smallest absolute Gasteiger partial charge is 0.126 e. The summed E-state index contributed by atoms with van der Waals surface area (Å²) >= 11 is 0. The fraction of sp³-hybridized carbons (Fsp3) is 0.294. The van der Waals surface area contributed by atoms with Gasteiger partial charge in [0.15, 0.2) is 0 Å². The highest BCUT2D eigenvalue weighted by Gasteiger charge is 2.44. The van der Waals surface area contributed by atoms with Gasteiger partial charge in [-0.25, -0.2) is 4.39 Å². The number of rotatable bonds is 0. The van der Waals surface area contributed by atoms with Crippen molar-refractivity contribution in [3.63, 3.8) is 0 Å². The average molecular weight is 270 g/mol. The maximum Gasteiger partial charge on any atom is 0.126 e. The second kappa shape index (κ2) is 4.06. The normalized spacial score (nSPS) is 22.2. The van der Waals surface area contributed by atoms with E-state index in [1.165, 1.54) is 23.3 Å². The fourth-order valence-corrected chi connectivity index (χ4v) is 3.49. The summed E-state index contributed by atoms with van der Waals surface area (Å²) in [6.07, 6.45) is 1.45. The molecule has 1 unspecified atom stereocenters. The van der Waals surface area contributed by atoms with Crippen LogP contribution in [-0.4, -0.2) is 10.7 Å². The molecule has 2 nitrogen and oxygen atoms in total. The molecule has 2 aromatic rings. The van der Waals surface area contributed by atoms with Gasteiger partial charge >= 0.3 is 0 Å². The van der Waals surface area contributed by atoms with E-state index < -0.39 is 6.10 Å². The number of fused-ring (bicyclic) bond motifs is 2. The highest BCUT2D eigenvalue weighted by atomic mass is 19.1. The zero-order chi connectivity index (χ0) is 13.7. The van der Waals surface area contributed by atoms with Crippen LogP contribution in [0.2, 0.25) is 0 Å². The molecule has 0 saturated carbocycles. The molecule has 102 valence electrons. The molecule has 1 atom stereocenters. The molecule has 0 fully saturated rings. The van der Waals surface area contributed by atoms with Gasteiger partial charge in [-0.3, -0.25) is 0 Å². The Kier molecular flexibility index (Phi) is 2.42. The zero-order valence-electron chi connectivity index (χ0n) is 11.0. The van der Waals surface area contributed by atoms with Crippen LogP contribution in [-0.2, 0) is 12.8 Å². The van der Waals surface area contributed by atoms with Crippen LogP contribution >= 0.6 is 0 Å². The van der Waals surface area contributed by atoms with E-state index in [1.807, 2.05) is 12.1 Å². The van der Waals surface area contributed by atoms with Gasteiger partial charge in [0.05, 0.1) is 6.10 Å². The van der Waals surface area contributed by atoms with Crippen LogP contribution in [0, 0.1) is 5.82 Å². The Balaban J connectivity index is 1.73. The summed E-state index contributed by atoms with van der Waals surface area (Å²) in [4.78, 5) is 0. The minimum Gasteiger partial charge on any atom is -0.486 e. The molecule has 0 bridgehead atoms. The van der Waals surface area contributed by atoms with Crippen molar-refractivity contribution in [1.82, 2.24) is 0 Å². The first kappa shape index (κ1) is 11.9. The summed E-state index contributed by atoms with van der Waals surface area (Å²) in [5.41, 5.74) is 2.75. The van der Waals surface area contributed by atoms with E-state index in [-0.39, 0.29) is 11.4 Å². The number of ether oxygens (including phenoxy) is 1. The molecular formula is C17H15FO2. The van der Waals surface area contributed by atoms with Gasteiger partial charge in [-0.05, 0) is 29.3 Å². The molecule has 4 rings (SSSR count). The lowest BCUT2D eigenvalue weighted by Crippen LogP contribution is -2.42. The second-order valence-corrected chi connectivity index (χ2v) is 5.81. The Morgan fingerprint density at radius 3 is 2.50 bits per heavy atom. The Hall–Kier alpha value is -1.87. The van der Waals surface area contributed by atoms with Gasteiger partial charge in [-0.15, -0.1) is 0 Å².